The number of hydrogen-bond donors (Lipinski definition) is 1. The van der Waals surface area contributed by atoms with Gasteiger partial charge in [0, 0.05) is 24.6 Å². The summed E-state index contributed by atoms with van der Waals surface area (Å²) in [6.07, 6.45) is 3.08. The average Bonchev–Trinajstić information content (AvgIpc) is 3.01. The van der Waals surface area contributed by atoms with Crippen LogP contribution in [0, 0.1) is 5.92 Å². The Hall–Kier alpha value is -1.53. The quantitative estimate of drug-likeness (QED) is 0.864. The van der Waals surface area contributed by atoms with Crippen LogP contribution in [0.3, 0.4) is 0 Å². The van der Waals surface area contributed by atoms with Crippen LogP contribution in [0.5, 0.6) is 0 Å². The van der Waals surface area contributed by atoms with Gasteiger partial charge in [0.25, 0.3) is 5.91 Å². The van der Waals surface area contributed by atoms with Crippen molar-refractivity contribution in [2.75, 3.05) is 13.1 Å². The minimum atomic E-state index is -1.48. The van der Waals surface area contributed by atoms with Gasteiger partial charge in [-0.1, -0.05) is 13.8 Å². The molecule has 21 heavy (non-hydrogen) atoms. The highest BCUT2D eigenvalue weighted by atomic mass is 32.2. The highest BCUT2D eigenvalue weighted by molar-refractivity contribution is 7.82. The van der Waals surface area contributed by atoms with Crippen LogP contribution in [0.15, 0.2) is 29.2 Å². The third-order valence-electron chi connectivity index (χ3n) is 3.00. The zero-order valence-electron chi connectivity index (χ0n) is 12.5. The van der Waals surface area contributed by atoms with Gasteiger partial charge < -0.3 is 9.69 Å². The Morgan fingerprint density at radius 1 is 1.24 bits per heavy atom. The van der Waals surface area contributed by atoms with Gasteiger partial charge in [-0.2, -0.15) is 0 Å². The molecular weight excluding hydrogens is 288 g/mol. The van der Waals surface area contributed by atoms with E-state index in [4.69, 9.17) is 5.14 Å². The maximum atomic E-state index is 11.9. The fourth-order valence-electron chi connectivity index (χ4n) is 1.83. The van der Waals surface area contributed by atoms with Crippen LogP contribution >= 0.6 is 0 Å². The highest BCUT2D eigenvalue weighted by Crippen LogP contribution is 2.14. The molecule has 1 aliphatic heterocycles. The number of carbonyl (C=O) groups excluding carboxylic acids is 2. The van der Waals surface area contributed by atoms with E-state index in [0.717, 1.165) is 32.2 Å². The molecule has 0 spiro atoms. The third-order valence-corrected chi connectivity index (χ3v) is 3.74. The molecule has 1 amide bonds. The summed E-state index contributed by atoms with van der Waals surface area (Å²) in [6, 6.07) is 6.64. The van der Waals surface area contributed by atoms with Crippen molar-refractivity contribution in [3.8, 4) is 0 Å². The first-order chi connectivity index (χ1) is 9.95. The van der Waals surface area contributed by atoms with E-state index in [1.54, 1.807) is 24.3 Å². The van der Waals surface area contributed by atoms with Gasteiger partial charge in [-0.3, -0.25) is 4.79 Å². The maximum absolute atomic E-state index is 11.9. The Kier molecular flexibility index (Phi) is 7.25. The second-order valence-electron chi connectivity index (χ2n) is 5.20. The molecule has 1 saturated heterocycles. The molecule has 0 aromatic heterocycles. The van der Waals surface area contributed by atoms with E-state index in [1.165, 1.54) is 0 Å². The minimum absolute atomic E-state index is 0.0480. The molecule has 0 radical (unpaired) electrons. The molecule has 1 heterocycles. The summed E-state index contributed by atoms with van der Waals surface area (Å²) in [6.45, 7) is 5.38. The van der Waals surface area contributed by atoms with Crippen molar-refractivity contribution in [1.82, 2.24) is 4.90 Å². The summed E-state index contributed by atoms with van der Waals surface area (Å²) >= 11 is 0. The highest BCUT2D eigenvalue weighted by Gasteiger charge is 2.19. The largest absolute Gasteiger partial charge is 0.339 e. The van der Waals surface area contributed by atoms with Crippen LogP contribution in [0.1, 0.15) is 37.0 Å². The lowest BCUT2D eigenvalue weighted by Crippen LogP contribution is -2.27. The molecule has 2 rings (SSSR count). The smallest absolute Gasteiger partial charge is 0.253 e. The molecule has 1 unspecified atom stereocenters. The van der Waals surface area contributed by atoms with Crippen molar-refractivity contribution in [3.05, 3.63) is 29.8 Å². The summed E-state index contributed by atoms with van der Waals surface area (Å²) < 4.78 is 11.0. The molecule has 1 atom stereocenters. The van der Waals surface area contributed by atoms with Gasteiger partial charge in [-0.05, 0) is 37.1 Å². The Balaban J connectivity index is 0.000000383. The molecule has 5 nitrogen and oxygen atoms in total. The van der Waals surface area contributed by atoms with Gasteiger partial charge in [0.05, 0.1) is 4.90 Å². The Morgan fingerprint density at radius 2 is 1.71 bits per heavy atom. The van der Waals surface area contributed by atoms with Crippen LogP contribution < -0.4 is 5.14 Å². The minimum Gasteiger partial charge on any atom is -0.339 e. The Bertz CT molecular complexity index is 494. The van der Waals surface area contributed by atoms with Gasteiger partial charge in [0.1, 0.15) is 17.3 Å². The van der Waals surface area contributed by atoms with Crippen molar-refractivity contribution >= 4 is 23.2 Å². The number of likely N-dealkylation sites (tertiary alicyclic amines) is 1. The number of carbonyl (C=O) groups is 2. The Morgan fingerprint density at radius 3 is 2.10 bits per heavy atom. The SMILES string of the molecule is CC(C)C=O.NS(=O)c1ccc(C(=O)N2CCCC2)cc1. The molecule has 0 aliphatic carbocycles. The first kappa shape index (κ1) is 17.5. The number of benzene rings is 1. The summed E-state index contributed by atoms with van der Waals surface area (Å²) in [7, 11) is -1.48. The number of nitrogens with zero attached hydrogens (tertiary/aromatic N) is 1. The lowest BCUT2D eigenvalue weighted by Gasteiger charge is -2.15. The zero-order valence-corrected chi connectivity index (χ0v) is 13.3. The molecule has 1 aromatic carbocycles. The normalized spacial score (nSPS) is 15.3. The summed E-state index contributed by atoms with van der Waals surface area (Å²) in [4.78, 5) is 23.8. The molecule has 1 aromatic rings. The number of rotatable bonds is 3. The summed E-state index contributed by atoms with van der Waals surface area (Å²) in [5.74, 6) is 0.252. The first-order valence-electron chi connectivity index (χ1n) is 6.96. The van der Waals surface area contributed by atoms with Crippen molar-refractivity contribution < 1.29 is 13.8 Å². The molecule has 6 heteroatoms. The van der Waals surface area contributed by atoms with Gasteiger partial charge in [-0.15, -0.1) is 0 Å². The number of aldehydes is 1. The van der Waals surface area contributed by atoms with E-state index in [9.17, 15) is 13.8 Å². The summed E-state index contributed by atoms with van der Waals surface area (Å²) in [5.41, 5.74) is 0.635. The molecule has 1 fully saturated rings. The first-order valence-corrected chi connectivity index (χ1v) is 8.17. The molecule has 2 N–H and O–H groups in total. The van der Waals surface area contributed by atoms with E-state index < -0.39 is 11.0 Å². The lowest BCUT2D eigenvalue weighted by atomic mass is 10.2. The molecular formula is C15H22N2O3S. The van der Waals surface area contributed by atoms with Crippen molar-refractivity contribution in [2.45, 2.75) is 31.6 Å². The molecule has 1 aliphatic rings. The number of amides is 1. The second-order valence-corrected chi connectivity index (χ2v) is 6.27. The lowest BCUT2D eigenvalue weighted by molar-refractivity contribution is -0.110. The molecule has 0 saturated carbocycles. The standard InChI is InChI=1S/C11H14N2O2S.C4H8O/c12-16(15)10-5-3-9(4-6-10)11(14)13-7-1-2-8-13;1-4(2)3-5/h3-6H,1-2,7-8,12H2;3-4H,1-2H3. The number of nitrogens with two attached hydrogens (primary N) is 1. The van der Waals surface area contributed by atoms with E-state index in [1.807, 2.05) is 18.7 Å². The monoisotopic (exact) mass is 310 g/mol. The van der Waals surface area contributed by atoms with Crippen molar-refractivity contribution in [3.63, 3.8) is 0 Å². The Labute approximate surface area is 128 Å². The number of hydrogen-bond acceptors (Lipinski definition) is 3. The fraction of sp³-hybridized carbons (Fsp3) is 0.467. The van der Waals surface area contributed by atoms with E-state index >= 15 is 0 Å². The van der Waals surface area contributed by atoms with Crippen LogP contribution in [0.25, 0.3) is 0 Å². The van der Waals surface area contributed by atoms with Crippen LogP contribution in [0.4, 0.5) is 0 Å². The zero-order chi connectivity index (χ0) is 15.8. The van der Waals surface area contributed by atoms with Crippen LogP contribution in [-0.2, 0) is 15.8 Å². The van der Waals surface area contributed by atoms with E-state index in [2.05, 4.69) is 0 Å². The molecule has 0 bridgehead atoms. The average molecular weight is 310 g/mol. The fourth-order valence-corrected chi connectivity index (χ4v) is 2.24. The second kappa shape index (κ2) is 8.69. The van der Waals surface area contributed by atoms with Gasteiger partial charge >= 0.3 is 0 Å². The van der Waals surface area contributed by atoms with E-state index in [-0.39, 0.29) is 11.8 Å². The van der Waals surface area contributed by atoms with Gasteiger partial charge in [0.15, 0.2) is 0 Å². The van der Waals surface area contributed by atoms with E-state index in [0.29, 0.717) is 10.5 Å². The predicted octanol–water partition coefficient (Wildman–Crippen LogP) is 1.75. The maximum Gasteiger partial charge on any atom is 0.253 e. The van der Waals surface area contributed by atoms with Gasteiger partial charge in [0.2, 0.25) is 0 Å². The third kappa shape index (κ3) is 5.77. The van der Waals surface area contributed by atoms with Gasteiger partial charge in [-0.25, -0.2) is 9.35 Å². The van der Waals surface area contributed by atoms with Crippen LogP contribution in [-0.4, -0.2) is 34.4 Å². The van der Waals surface area contributed by atoms with Crippen molar-refractivity contribution in [1.29, 1.82) is 0 Å². The predicted molar refractivity (Wildman–Crippen MR) is 83.1 cm³/mol. The van der Waals surface area contributed by atoms with Crippen molar-refractivity contribution in [2.24, 2.45) is 11.1 Å². The summed E-state index contributed by atoms with van der Waals surface area (Å²) in [5, 5.41) is 5.24. The molecule has 116 valence electrons. The van der Waals surface area contributed by atoms with Crippen LogP contribution in [0.2, 0.25) is 0 Å². The topological polar surface area (TPSA) is 80.5 Å².